The molecule has 0 heterocycles. The standard InChI is InChI=1S/C17H24N2O/c1-3-16(12-14-4-5-14)19-13(2)15-6-8-17(9-7-15)20-11-10-18/h6-9,13-14,16,19H,3-5,11-12H2,1-2H3. The second-order valence-corrected chi connectivity index (χ2v) is 5.69. The Morgan fingerprint density at radius 1 is 1.35 bits per heavy atom. The Bertz CT molecular complexity index is 445. The monoisotopic (exact) mass is 272 g/mol. The molecule has 0 saturated heterocycles. The molecule has 1 aromatic carbocycles. The summed E-state index contributed by atoms with van der Waals surface area (Å²) in [5, 5.41) is 12.2. The van der Waals surface area contributed by atoms with Crippen LogP contribution in [-0.4, -0.2) is 12.6 Å². The Morgan fingerprint density at radius 2 is 2.05 bits per heavy atom. The molecule has 0 aliphatic heterocycles. The predicted octanol–water partition coefficient (Wildman–Crippen LogP) is 3.82. The van der Waals surface area contributed by atoms with Crippen LogP contribution in [0.3, 0.4) is 0 Å². The summed E-state index contributed by atoms with van der Waals surface area (Å²) >= 11 is 0. The summed E-state index contributed by atoms with van der Waals surface area (Å²) in [7, 11) is 0. The highest BCUT2D eigenvalue weighted by atomic mass is 16.5. The van der Waals surface area contributed by atoms with Gasteiger partial charge in [0.05, 0.1) is 0 Å². The van der Waals surface area contributed by atoms with Gasteiger partial charge >= 0.3 is 0 Å². The van der Waals surface area contributed by atoms with Crippen LogP contribution in [0.5, 0.6) is 5.75 Å². The second-order valence-electron chi connectivity index (χ2n) is 5.69. The van der Waals surface area contributed by atoms with E-state index in [9.17, 15) is 0 Å². The number of hydrogen-bond donors (Lipinski definition) is 1. The summed E-state index contributed by atoms with van der Waals surface area (Å²) in [4.78, 5) is 0. The van der Waals surface area contributed by atoms with Gasteiger partial charge in [-0.2, -0.15) is 5.26 Å². The fourth-order valence-corrected chi connectivity index (χ4v) is 2.53. The minimum Gasteiger partial charge on any atom is -0.479 e. The number of rotatable bonds is 8. The van der Waals surface area contributed by atoms with E-state index in [-0.39, 0.29) is 6.61 Å². The molecular formula is C17H24N2O. The van der Waals surface area contributed by atoms with Crippen LogP contribution in [0.1, 0.15) is 51.1 Å². The maximum Gasteiger partial charge on any atom is 0.174 e. The number of hydrogen-bond acceptors (Lipinski definition) is 3. The highest BCUT2D eigenvalue weighted by molar-refractivity contribution is 5.29. The molecule has 0 spiro atoms. The molecule has 0 amide bonds. The Labute approximate surface area is 121 Å². The SMILES string of the molecule is CCC(CC1CC1)NC(C)c1ccc(OCC#N)cc1. The third-order valence-corrected chi connectivity index (χ3v) is 3.98. The van der Waals surface area contributed by atoms with Crippen LogP contribution in [0.25, 0.3) is 0 Å². The molecule has 2 rings (SSSR count). The summed E-state index contributed by atoms with van der Waals surface area (Å²) in [5.74, 6) is 1.72. The molecule has 0 bridgehead atoms. The summed E-state index contributed by atoms with van der Waals surface area (Å²) in [6.45, 7) is 4.57. The lowest BCUT2D eigenvalue weighted by Crippen LogP contribution is -2.31. The van der Waals surface area contributed by atoms with Crippen LogP contribution in [0.15, 0.2) is 24.3 Å². The first-order chi connectivity index (χ1) is 9.72. The van der Waals surface area contributed by atoms with Crippen molar-refractivity contribution in [2.24, 2.45) is 5.92 Å². The lowest BCUT2D eigenvalue weighted by Gasteiger charge is -2.22. The van der Waals surface area contributed by atoms with E-state index in [0.29, 0.717) is 12.1 Å². The molecule has 3 nitrogen and oxygen atoms in total. The Kier molecular flexibility index (Phi) is 5.43. The molecular weight excluding hydrogens is 248 g/mol. The molecule has 0 radical (unpaired) electrons. The minimum atomic E-state index is 0.104. The topological polar surface area (TPSA) is 45.0 Å². The Hall–Kier alpha value is -1.53. The zero-order valence-electron chi connectivity index (χ0n) is 12.4. The first kappa shape index (κ1) is 14.9. The zero-order valence-corrected chi connectivity index (χ0v) is 12.4. The van der Waals surface area contributed by atoms with E-state index in [1.54, 1.807) is 0 Å². The van der Waals surface area contributed by atoms with Gasteiger partial charge < -0.3 is 10.1 Å². The number of benzene rings is 1. The number of nitrogens with one attached hydrogen (secondary N) is 1. The highest BCUT2D eigenvalue weighted by Gasteiger charge is 2.25. The lowest BCUT2D eigenvalue weighted by atomic mass is 10.0. The van der Waals surface area contributed by atoms with Gasteiger partial charge in [-0.05, 0) is 43.4 Å². The van der Waals surface area contributed by atoms with Gasteiger partial charge in [-0.3, -0.25) is 0 Å². The summed E-state index contributed by atoms with van der Waals surface area (Å²) in [6.07, 6.45) is 5.32. The summed E-state index contributed by atoms with van der Waals surface area (Å²) in [6, 6.07) is 11.0. The van der Waals surface area contributed by atoms with Crippen LogP contribution >= 0.6 is 0 Å². The van der Waals surface area contributed by atoms with Crippen LogP contribution in [-0.2, 0) is 0 Å². The predicted molar refractivity (Wildman–Crippen MR) is 80.5 cm³/mol. The molecule has 20 heavy (non-hydrogen) atoms. The molecule has 2 atom stereocenters. The molecule has 1 N–H and O–H groups in total. The third-order valence-electron chi connectivity index (χ3n) is 3.98. The van der Waals surface area contributed by atoms with Crippen LogP contribution in [0, 0.1) is 17.2 Å². The normalized spacial score (nSPS) is 17.2. The quantitative estimate of drug-likeness (QED) is 0.782. The van der Waals surface area contributed by atoms with Crippen molar-refractivity contribution in [2.75, 3.05) is 6.61 Å². The molecule has 2 unspecified atom stereocenters. The van der Waals surface area contributed by atoms with Crippen molar-refractivity contribution in [1.82, 2.24) is 5.32 Å². The largest absolute Gasteiger partial charge is 0.479 e. The fourth-order valence-electron chi connectivity index (χ4n) is 2.53. The fraction of sp³-hybridized carbons (Fsp3) is 0.588. The van der Waals surface area contributed by atoms with Crippen molar-refractivity contribution in [3.8, 4) is 11.8 Å². The van der Waals surface area contributed by atoms with Gasteiger partial charge in [0.25, 0.3) is 0 Å². The Morgan fingerprint density at radius 3 is 2.60 bits per heavy atom. The van der Waals surface area contributed by atoms with Gasteiger partial charge in [0.1, 0.15) is 11.8 Å². The summed E-state index contributed by atoms with van der Waals surface area (Å²) in [5.41, 5.74) is 1.27. The molecule has 0 aromatic heterocycles. The first-order valence-corrected chi connectivity index (χ1v) is 7.58. The number of nitrogens with zero attached hydrogens (tertiary/aromatic N) is 1. The number of ether oxygens (including phenoxy) is 1. The Balaban J connectivity index is 1.87. The molecule has 1 aromatic rings. The molecule has 1 fully saturated rings. The maximum atomic E-state index is 8.49. The van der Waals surface area contributed by atoms with E-state index < -0.39 is 0 Å². The van der Waals surface area contributed by atoms with E-state index in [2.05, 4.69) is 31.3 Å². The van der Waals surface area contributed by atoms with Crippen LogP contribution in [0.4, 0.5) is 0 Å². The molecule has 3 heteroatoms. The molecule has 1 saturated carbocycles. The van der Waals surface area contributed by atoms with E-state index in [1.807, 2.05) is 18.2 Å². The van der Waals surface area contributed by atoms with Crippen molar-refractivity contribution >= 4 is 0 Å². The van der Waals surface area contributed by atoms with Crippen molar-refractivity contribution in [2.45, 2.75) is 51.6 Å². The van der Waals surface area contributed by atoms with E-state index in [4.69, 9.17) is 10.00 Å². The van der Waals surface area contributed by atoms with Crippen LogP contribution in [0.2, 0.25) is 0 Å². The second kappa shape index (κ2) is 7.31. The van der Waals surface area contributed by atoms with Gasteiger partial charge in [0, 0.05) is 12.1 Å². The lowest BCUT2D eigenvalue weighted by molar-refractivity contribution is 0.367. The van der Waals surface area contributed by atoms with Gasteiger partial charge in [-0.25, -0.2) is 0 Å². The summed E-state index contributed by atoms with van der Waals surface area (Å²) < 4.78 is 5.27. The molecule has 1 aliphatic carbocycles. The van der Waals surface area contributed by atoms with Crippen molar-refractivity contribution in [3.63, 3.8) is 0 Å². The smallest absolute Gasteiger partial charge is 0.174 e. The molecule has 108 valence electrons. The zero-order chi connectivity index (χ0) is 14.4. The first-order valence-electron chi connectivity index (χ1n) is 7.58. The van der Waals surface area contributed by atoms with Gasteiger partial charge in [-0.15, -0.1) is 0 Å². The maximum absolute atomic E-state index is 8.49. The van der Waals surface area contributed by atoms with Gasteiger partial charge in [0.15, 0.2) is 6.61 Å². The minimum absolute atomic E-state index is 0.104. The van der Waals surface area contributed by atoms with Gasteiger partial charge in [0.2, 0.25) is 0 Å². The average Bonchev–Trinajstić information content (AvgIpc) is 3.28. The molecule has 1 aliphatic rings. The average molecular weight is 272 g/mol. The third kappa shape index (κ3) is 4.54. The number of nitriles is 1. The van der Waals surface area contributed by atoms with Crippen LogP contribution < -0.4 is 10.1 Å². The van der Waals surface area contributed by atoms with Crippen molar-refractivity contribution in [3.05, 3.63) is 29.8 Å². The van der Waals surface area contributed by atoms with Crippen molar-refractivity contribution in [1.29, 1.82) is 5.26 Å². The van der Waals surface area contributed by atoms with Crippen molar-refractivity contribution < 1.29 is 4.74 Å². The van der Waals surface area contributed by atoms with E-state index >= 15 is 0 Å². The highest BCUT2D eigenvalue weighted by Crippen LogP contribution is 2.34. The van der Waals surface area contributed by atoms with Gasteiger partial charge in [-0.1, -0.05) is 31.9 Å². The van der Waals surface area contributed by atoms with E-state index in [0.717, 1.165) is 11.7 Å². The van der Waals surface area contributed by atoms with E-state index in [1.165, 1.54) is 31.2 Å².